The molecule has 3 heteroatoms. The molecule has 0 fully saturated rings. The molecule has 0 bridgehead atoms. The van der Waals surface area contributed by atoms with Gasteiger partial charge in [-0.3, -0.25) is 4.79 Å². The minimum Gasteiger partial charge on any atom is -0.392 e. The lowest BCUT2D eigenvalue weighted by Crippen LogP contribution is -1.95. The van der Waals surface area contributed by atoms with E-state index in [0.29, 0.717) is 5.56 Å². The third kappa shape index (κ3) is 2.96. The van der Waals surface area contributed by atoms with Crippen LogP contribution in [0.4, 0.5) is 11.4 Å². The van der Waals surface area contributed by atoms with E-state index >= 15 is 0 Å². The molecule has 0 amide bonds. The van der Waals surface area contributed by atoms with E-state index in [2.05, 4.69) is 5.32 Å². The number of hydrogen-bond acceptors (Lipinski definition) is 3. The Labute approximate surface area is 106 Å². The fraction of sp³-hybridized carbons (Fsp3) is 0.133. The highest BCUT2D eigenvalue weighted by atomic mass is 16.3. The average Bonchev–Trinajstić information content (AvgIpc) is 2.39. The van der Waals surface area contributed by atoms with E-state index < -0.39 is 0 Å². The molecule has 0 aliphatic heterocycles. The van der Waals surface area contributed by atoms with Crippen LogP contribution < -0.4 is 5.32 Å². The summed E-state index contributed by atoms with van der Waals surface area (Å²) in [6.07, 6.45) is 0. The summed E-state index contributed by atoms with van der Waals surface area (Å²) in [7, 11) is 0. The molecular weight excluding hydrogens is 226 g/mol. The number of benzene rings is 2. The first-order valence-electron chi connectivity index (χ1n) is 5.77. The first-order valence-corrected chi connectivity index (χ1v) is 5.77. The van der Waals surface area contributed by atoms with Crippen LogP contribution in [0.25, 0.3) is 0 Å². The fourth-order valence-corrected chi connectivity index (χ4v) is 1.73. The number of carbonyl (C=O) groups is 1. The van der Waals surface area contributed by atoms with Gasteiger partial charge in [-0.25, -0.2) is 0 Å². The molecule has 0 saturated heterocycles. The summed E-state index contributed by atoms with van der Waals surface area (Å²) in [5, 5.41) is 12.3. The zero-order valence-electron chi connectivity index (χ0n) is 10.2. The van der Waals surface area contributed by atoms with Crippen molar-refractivity contribution in [1.82, 2.24) is 0 Å². The van der Waals surface area contributed by atoms with Crippen molar-refractivity contribution in [3.63, 3.8) is 0 Å². The predicted octanol–water partition coefficient (Wildman–Crippen LogP) is 3.13. The summed E-state index contributed by atoms with van der Waals surface area (Å²) in [6.45, 7) is 1.56. The smallest absolute Gasteiger partial charge is 0.159 e. The molecule has 0 radical (unpaired) electrons. The second kappa shape index (κ2) is 5.47. The van der Waals surface area contributed by atoms with E-state index in [4.69, 9.17) is 5.11 Å². The zero-order chi connectivity index (χ0) is 13.0. The topological polar surface area (TPSA) is 49.3 Å². The van der Waals surface area contributed by atoms with Gasteiger partial charge in [0.15, 0.2) is 5.78 Å². The Morgan fingerprint density at radius 2 is 1.78 bits per heavy atom. The molecule has 92 valence electrons. The number of aliphatic hydroxyl groups is 1. The molecule has 0 aromatic heterocycles. The summed E-state index contributed by atoms with van der Waals surface area (Å²) in [5.41, 5.74) is 3.28. The van der Waals surface area contributed by atoms with Gasteiger partial charge in [0.05, 0.1) is 6.61 Å². The highest BCUT2D eigenvalue weighted by molar-refractivity contribution is 5.95. The Kier molecular flexibility index (Phi) is 3.75. The zero-order valence-corrected chi connectivity index (χ0v) is 10.2. The molecule has 0 spiro atoms. The van der Waals surface area contributed by atoms with Crippen molar-refractivity contribution in [2.45, 2.75) is 13.5 Å². The minimum atomic E-state index is 0.0169. The molecule has 2 aromatic carbocycles. The van der Waals surface area contributed by atoms with Crippen LogP contribution in [-0.4, -0.2) is 10.9 Å². The van der Waals surface area contributed by atoms with Gasteiger partial charge in [-0.05, 0) is 36.8 Å². The van der Waals surface area contributed by atoms with Crippen molar-refractivity contribution in [3.05, 3.63) is 59.7 Å². The van der Waals surface area contributed by atoms with Crippen LogP contribution >= 0.6 is 0 Å². The van der Waals surface area contributed by atoms with Crippen LogP contribution in [0.1, 0.15) is 22.8 Å². The largest absolute Gasteiger partial charge is 0.392 e. The van der Waals surface area contributed by atoms with Crippen LogP contribution in [0, 0.1) is 0 Å². The van der Waals surface area contributed by atoms with Crippen molar-refractivity contribution in [2.24, 2.45) is 0 Å². The Morgan fingerprint density at radius 1 is 1.11 bits per heavy atom. The minimum absolute atomic E-state index is 0.0169. The summed E-state index contributed by atoms with van der Waals surface area (Å²) >= 11 is 0. The number of rotatable bonds is 4. The maximum atomic E-state index is 11.3. The van der Waals surface area contributed by atoms with E-state index in [0.717, 1.165) is 16.9 Å². The van der Waals surface area contributed by atoms with Crippen molar-refractivity contribution in [1.29, 1.82) is 0 Å². The van der Waals surface area contributed by atoms with E-state index in [1.807, 2.05) is 42.5 Å². The third-order valence-electron chi connectivity index (χ3n) is 2.67. The molecule has 2 aromatic rings. The molecule has 2 rings (SSSR count). The van der Waals surface area contributed by atoms with E-state index in [1.54, 1.807) is 13.0 Å². The first kappa shape index (κ1) is 12.3. The summed E-state index contributed by atoms with van der Waals surface area (Å²) in [5.74, 6) is 0.0442. The van der Waals surface area contributed by atoms with Crippen LogP contribution in [-0.2, 0) is 6.61 Å². The molecule has 3 nitrogen and oxygen atoms in total. The number of Topliss-reactive ketones (excluding diaryl/α,β-unsaturated/α-hetero) is 1. The van der Waals surface area contributed by atoms with Gasteiger partial charge in [-0.1, -0.05) is 24.3 Å². The van der Waals surface area contributed by atoms with Gasteiger partial charge in [0.2, 0.25) is 0 Å². The van der Waals surface area contributed by atoms with Crippen LogP contribution in [0.15, 0.2) is 48.5 Å². The van der Waals surface area contributed by atoms with Gasteiger partial charge in [0.25, 0.3) is 0 Å². The molecule has 18 heavy (non-hydrogen) atoms. The number of aliphatic hydroxyl groups excluding tert-OH is 1. The van der Waals surface area contributed by atoms with E-state index in [1.165, 1.54) is 0 Å². The second-order valence-electron chi connectivity index (χ2n) is 4.12. The van der Waals surface area contributed by atoms with Gasteiger partial charge in [0, 0.05) is 16.9 Å². The molecule has 0 unspecified atom stereocenters. The summed E-state index contributed by atoms with van der Waals surface area (Å²) in [6, 6.07) is 14.9. The third-order valence-corrected chi connectivity index (χ3v) is 2.67. The van der Waals surface area contributed by atoms with Crippen molar-refractivity contribution in [2.75, 3.05) is 5.32 Å². The van der Waals surface area contributed by atoms with Crippen LogP contribution in [0.2, 0.25) is 0 Å². The number of hydrogen-bond donors (Lipinski definition) is 2. The monoisotopic (exact) mass is 241 g/mol. The molecule has 0 heterocycles. The first-order chi connectivity index (χ1) is 8.69. The molecule has 0 aliphatic carbocycles. The molecule has 0 saturated carbocycles. The highest BCUT2D eigenvalue weighted by Crippen LogP contribution is 2.19. The predicted molar refractivity (Wildman–Crippen MR) is 72.1 cm³/mol. The van der Waals surface area contributed by atoms with E-state index in [-0.39, 0.29) is 12.4 Å². The molecule has 0 atom stereocenters. The highest BCUT2D eigenvalue weighted by Gasteiger charge is 2.01. The SMILES string of the molecule is CC(=O)c1cccc(Nc2cccc(CO)c2)c1. The van der Waals surface area contributed by atoms with Crippen LogP contribution in [0.5, 0.6) is 0 Å². The fourth-order valence-electron chi connectivity index (χ4n) is 1.73. The Morgan fingerprint density at radius 3 is 2.44 bits per heavy atom. The van der Waals surface area contributed by atoms with Crippen molar-refractivity contribution < 1.29 is 9.90 Å². The number of nitrogens with one attached hydrogen (secondary N) is 1. The molecule has 2 N–H and O–H groups in total. The van der Waals surface area contributed by atoms with Gasteiger partial charge in [-0.15, -0.1) is 0 Å². The normalized spacial score (nSPS) is 10.1. The Balaban J connectivity index is 2.22. The molecular formula is C15H15NO2. The standard InChI is InChI=1S/C15H15NO2/c1-11(18)13-5-3-7-15(9-13)16-14-6-2-4-12(8-14)10-17/h2-9,16-17H,10H2,1H3. The Bertz CT molecular complexity index is 564. The van der Waals surface area contributed by atoms with Gasteiger partial charge in [0.1, 0.15) is 0 Å². The maximum absolute atomic E-state index is 11.3. The lowest BCUT2D eigenvalue weighted by atomic mass is 10.1. The van der Waals surface area contributed by atoms with Crippen LogP contribution in [0.3, 0.4) is 0 Å². The second-order valence-corrected chi connectivity index (χ2v) is 4.12. The quantitative estimate of drug-likeness (QED) is 0.808. The lowest BCUT2D eigenvalue weighted by molar-refractivity contribution is 0.101. The van der Waals surface area contributed by atoms with Crippen molar-refractivity contribution in [3.8, 4) is 0 Å². The van der Waals surface area contributed by atoms with Gasteiger partial charge < -0.3 is 10.4 Å². The number of carbonyl (C=O) groups excluding carboxylic acids is 1. The summed E-state index contributed by atoms with van der Waals surface area (Å²) in [4.78, 5) is 11.3. The van der Waals surface area contributed by atoms with Gasteiger partial charge in [-0.2, -0.15) is 0 Å². The van der Waals surface area contributed by atoms with E-state index in [9.17, 15) is 4.79 Å². The average molecular weight is 241 g/mol. The van der Waals surface area contributed by atoms with Gasteiger partial charge >= 0.3 is 0 Å². The lowest BCUT2D eigenvalue weighted by Gasteiger charge is -2.08. The summed E-state index contributed by atoms with van der Waals surface area (Å²) < 4.78 is 0. The molecule has 0 aliphatic rings. The number of ketones is 1. The Hall–Kier alpha value is -2.13. The maximum Gasteiger partial charge on any atom is 0.159 e. The number of anilines is 2. The van der Waals surface area contributed by atoms with Crippen molar-refractivity contribution >= 4 is 17.2 Å².